The Balaban J connectivity index is 1.62. The summed E-state index contributed by atoms with van der Waals surface area (Å²) in [6.45, 7) is 2.51. The molecule has 1 aromatic rings. The molecule has 1 saturated carbocycles. The van der Waals surface area contributed by atoms with E-state index in [4.69, 9.17) is 0 Å². The molecule has 1 aliphatic carbocycles. The van der Waals surface area contributed by atoms with E-state index >= 15 is 0 Å². The Bertz CT molecular complexity index is 390. The third-order valence-corrected chi connectivity index (χ3v) is 4.55. The normalized spacial score (nSPS) is 25.1. The Kier molecular flexibility index (Phi) is 3.30. The summed E-state index contributed by atoms with van der Waals surface area (Å²) < 4.78 is 0. The maximum atomic E-state index is 3.71. The lowest BCUT2D eigenvalue weighted by Gasteiger charge is -2.18. The van der Waals surface area contributed by atoms with Gasteiger partial charge in [0.1, 0.15) is 0 Å². The van der Waals surface area contributed by atoms with Crippen molar-refractivity contribution < 1.29 is 0 Å². The first kappa shape index (κ1) is 11.4. The molecule has 0 radical (unpaired) electrons. The molecule has 2 aliphatic rings. The number of thioether (sulfide) groups is 1. The number of nitrogens with zero attached hydrogens (tertiary/aromatic N) is 1. The molecule has 92 valence electrons. The van der Waals surface area contributed by atoms with Crippen LogP contribution in [0.5, 0.6) is 0 Å². The molecule has 17 heavy (non-hydrogen) atoms. The molecule has 1 aliphatic heterocycles. The van der Waals surface area contributed by atoms with Crippen LogP contribution in [0.1, 0.15) is 19.3 Å². The zero-order valence-corrected chi connectivity index (χ0v) is 11.2. The van der Waals surface area contributed by atoms with Crippen molar-refractivity contribution in [2.45, 2.75) is 36.2 Å². The van der Waals surface area contributed by atoms with Crippen molar-refractivity contribution in [3.63, 3.8) is 0 Å². The van der Waals surface area contributed by atoms with Crippen molar-refractivity contribution in [3.05, 3.63) is 24.3 Å². The lowest BCUT2D eigenvalue weighted by atomic mass is 10.2. The van der Waals surface area contributed by atoms with Gasteiger partial charge in [-0.2, -0.15) is 0 Å². The molecular weight excluding hydrogens is 228 g/mol. The molecule has 1 N–H and O–H groups in total. The highest BCUT2D eigenvalue weighted by Crippen LogP contribution is 2.32. The van der Waals surface area contributed by atoms with Gasteiger partial charge in [0.25, 0.3) is 0 Å². The van der Waals surface area contributed by atoms with Crippen LogP contribution in [0.25, 0.3) is 0 Å². The Morgan fingerprint density at radius 2 is 2.06 bits per heavy atom. The molecule has 2 nitrogen and oxygen atoms in total. The van der Waals surface area contributed by atoms with Crippen LogP contribution < -0.4 is 5.32 Å². The molecular formula is C14H20N2S. The summed E-state index contributed by atoms with van der Waals surface area (Å²) in [6, 6.07) is 10.2. The molecule has 0 aromatic heterocycles. The van der Waals surface area contributed by atoms with E-state index in [-0.39, 0.29) is 0 Å². The average Bonchev–Trinajstić information content (AvgIpc) is 3.11. The minimum absolute atomic E-state index is 0.642. The van der Waals surface area contributed by atoms with Gasteiger partial charge in [-0.05, 0) is 37.7 Å². The van der Waals surface area contributed by atoms with Crippen LogP contribution in [0.15, 0.2) is 29.2 Å². The van der Waals surface area contributed by atoms with E-state index in [0.29, 0.717) is 6.04 Å². The number of hydrogen-bond acceptors (Lipinski definition) is 3. The maximum Gasteiger partial charge on any atom is 0.0480 e. The van der Waals surface area contributed by atoms with E-state index in [9.17, 15) is 0 Å². The third kappa shape index (κ3) is 2.61. The third-order valence-electron chi connectivity index (χ3n) is 3.75. The predicted molar refractivity (Wildman–Crippen MR) is 74.8 cm³/mol. The number of benzene rings is 1. The summed E-state index contributed by atoms with van der Waals surface area (Å²) >= 11 is 1.82. The zero-order valence-electron chi connectivity index (χ0n) is 10.4. The highest BCUT2D eigenvalue weighted by Gasteiger charge is 2.34. The van der Waals surface area contributed by atoms with E-state index in [1.54, 1.807) is 0 Å². The summed E-state index contributed by atoms with van der Waals surface area (Å²) in [5, 5.41) is 3.71. The van der Waals surface area contributed by atoms with E-state index in [0.717, 1.165) is 6.04 Å². The SMILES string of the molecule is CSc1ccccc1NC1CCN(C2CC2)C1. The fourth-order valence-corrected chi connectivity index (χ4v) is 3.22. The first-order chi connectivity index (χ1) is 8.36. The molecule has 2 fully saturated rings. The van der Waals surface area contributed by atoms with Gasteiger partial charge in [-0.25, -0.2) is 0 Å². The van der Waals surface area contributed by atoms with Crippen molar-refractivity contribution in [1.82, 2.24) is 4.90 Å². The lowest BCUT2D eigenvalue weighted by Crippen LogP contribution is -2.27. The Hall–Kier alpha value is -0.670. The molecule has 0 bridgehead atoms. The molecule has 3 rings (SSSR count). The van der Waals surface area contributed by atoms with Gasteiger partial charge in [0.05, 0.1) is 0 Å². The quantitative estimate of drug-likeness (QED) is 0.825. The predicted octanol–water partition coefficient (Wildman–Crippen LogP) is 3.06. The van der Waals surface area contributed by atoms with E-state index in [1.807, 2.05) is 11.8 Å². The van der Waals surface area contributed by atoms with Gasteiger partial charge in [-0.1, -0.05) is 12.1 Å². The summed E-state index contributed by atoms with van der Waals surface area (Å²) in [7, 11) is 0. The number of para-hydroxylation sites is 1. The summed E-state index contributed by atoms with van der Waals surface area (Å²) in [5.41, 5.74) is 1.31. The van der Waals surface area contributed by atoms with Gasteiger partial charge in [0.15, 0.2) is 0 Å². The Morgan fingerprint density at radius 3 is 2.82 bits per heavy atom. The van der Waals surface area contributed by atoms with Crippen molar-refractivity contribution in [3.8, 4) is 0 Å². The summed E-state index contributed by atoms with van der Waals surface area (Å²) in [6.07, 6.45) is 6.28. The first-order valence-corrected chi connectivity index (χ1v) is 7.73. The number of nitrogens with one attached hydrogen (secondary N) is 1. The highest BCUT2D eigenvalue weighted by atomic mass is 32.2. The minimum atomic E-state index is 0.642. The first-order valence-electron chi connectivity index (χ1n) is 6.50. The van der Waals surface area contributed by atoms with Crippen LogP contribution >= 0.6 is 11.8 Å². The summed E-state index contributed by atoms with van der Waals surface area (Å²) in [4.78, 5) is 4.01. The second kappa shape index (κ2) is 4.91. The topological polar surface area (TPSA) is 15.3 Å². The van der Waals surface area contributed by atoms with E-state index < -0.39 is 0 Å². The summed E-state index contributed by atoms with van der Waals surface area (Å²) in [5.74, 6) is 0. The molecule has 0 spiro atoms. The van der Waals surface area contributed by atoms with Crippen LogP contribution in [0, 0.1) is 0 Å². The maximum absolute atomic E-state index is 3.71. The highest BCUT2D eigenvalue weighted by molar-refractivity contribution is 7.98. The van der Waals surface area contributed by atoms with Crippen molar-refractivity contribution >= 4 is 17.4 Å². The molecule has 1 atom stereocenters. The molecule has 3 heteroatoms. The zero-order chi connectivity index (χ0) is 11.7. The molecule has 1 heterocycles. The molecule has 0 amide bonds. The van der Waals surface area contributed by atoms with Crippen molar-refractivity contribution in [2.75, 3.05) is 24.7 Å². The van der Waals surface area contributed by atoms with Crippen LogP contribution in [0.4, 0.5) is 5.69 Å². The van der Waals surface area contributed by atoms with Crippen LogP contribution in [-0.4, -0.2) is 36.3 Å². The van der Waals surface area contributed by atoms with Crippen LogP contribution in [0.3, 0.4) is 0 Å². The number of likely N-dealkylation sites (tertiary alicyclic amines) is 1. The Morgan fingerprint density at radius 1 is 1.24 bits per heavy atom. The lowest BCUT2D eigenvalue weighted by molar-refractivity contribution is 0.326. The van der Waals surface area contributed by atoms with Gasteiger partial charge in [-0.15, -0.1) is 11.8 Å². The van der Waals surface area contributed by atoms with E-state index in [2.05, 4.69) is 40.7 Å². The fourth-order valence-electron chi connectivity index (χ4n) is 2.66. The van der Waals surface area contributed by atoms with Gasteiger partial charge in [-0.3, -0.25) is 4.90 Å². The number of anilines is 1. The smallest absolute Gasteiger partial charge is 0.0480 e. The minimum Gasteiger partial charge on any atom is -0.380 e. The van der Waals surface area contributed by atoms with Gasteiger partial charge < -0.3 is 5.32 Å². The monoisotopic (exact) mass is 248 g/mol. The van der Waals surface area contributed by atoms with Gasteiger partial charge in [0.2, 0.25) is 0 Å². The second-order valence-electron chi connectivity index (χ2n) is 5.06. The molecule has 1 unspecified atom stereocenters. The Labute approximate surface area is 108 Å². The number of hydrogen-bond donors (Lipinski definition) is 1. The van der Waals surface area contributed by atoms with Crippen LogP contribution in [0.2, 0.25) is 0 Å². The van der Waals surface area contributed by atoms with Crippen molar-refractivity contribution in [1.29, 1.82) is 0 Å². The van der Waals surface area contributed by atoms with Crippen LogP contribution in [-0.2, 0) is 0 Å². The standard InChI is InChI=1S/C14H20N2S/c1-17-14-5-3-2-4-13(14)15-11-8-9-16(10-11)12-6-7-12/h2-5,11-12,15H,6-10H2,1H3. The fraction of sp³-hybridized carbons (Fsp3) is 0.571. The second-order valence-corrected chi connectivity index (χ2v) is 5.90. The van der Waals surface area contributed by atoms with Gasteiger partial charge in [0, 0.05) is 35.8 Å². The molecule has 1 aromatic carbocycles. The largest absolute Gasteiger partial charge is 0.380 e. The van der Waals surface area contributed by atoms with Crippen molar-refractivity contribution in [2.24, 2.45) is 0 Å². The van der Waals surface area contributed by atoms with E-state index in [1.165, 1.54) is 42.9 Å². The van der Waals surface area contributed by atoms with Gasteiger partial charge >= 0.3 is 0 Å². The average molecular weight is 248 g/mol. The molecule has 1 saturated heterocycles. The number of rotatable bonds is 4.